The summed E-state index contributed by atoms with van der Waals surface area (Å²) in [6, 6.07) is 5.54. The Bertz CT molecular complexity index is 1150. The Hall–Kier alpha value is -3.14. The molecular weight excluding hydrogens is 512 g/mol. The molecule has 0 bridgehead atoms. The molecule has 2 aliphatic heterocycles. The maximum Gasteiger partial charge on any atom is 0.410 e. The number of benzene rings is 1. The molecule has 0 saturated carbocycles. The summed E-state index contributed by atoms with van der Waals surface area (Å²) in [6.07, 6.45) is 2.40. The van der Waals surface area contributed by atoms with E-state index in [4.69, 9.17) is 9.47 Å². The summed E-state index contributed by atoms with van der Waals surface area (Å²) in [5.74, 6) is -1.04. The molecule has 5 atom stereocenters. The number of fused-ring (bicyclic) bond motifs is 2. The molecule has 0 aromatic heterocycles. The normalized spacial score (nSPS) is 26.6. The minimum absolute atomic E-state index is 0.116. The van der Waals surface area contributed by atoms with Crippen LogP contribution in [0.4, 0.5) is 4.79 Å². The van der Waals surface area contributed by atoms with E-state index in [1.54, 1.807) is 27.7 Å². The van der Waals surface area contributed by atoms with Crippen LogP contribution in [0.1, 0.15) is 84.4 Å². The summed E-state index contributed by atoms with van der Waals surface area (Å²) < 4.78 is 11.4. The number of ether oxygens (including phenoxy) is 2. The van der Waals surface area contributed by atoms with Crippen LogP contribution in [0, 0.1) is 5.41 Å². The van der Waals surface area contributed by atoms with Crippen LogP contribution in [-0.2, 0) is 30.3 Å². The molecule has 220 valence electrons. The summed E-state index contributed by atoms with van der Waals surface area (Å²) in [7, 11) is 1.49. The van der Waals surface area contributed by atoms with Gasteiger partial charge < -0.3 is 25.0 Å². The van der Waals surface area contributed by atoms with Gasteiger partial charge in [0, 0.05) is 13.5 Å². The number of carbonyl (C=O) groups is 4. The maximum atomic E-state index is 13.9. The smallest absolute Gasteiger partial charge is 0.410 e. The van der Waals surface area contributed by atoms with E-state index in [2.05, 4.69) is 22.8 Å². The quantitative estimate of drug-likeness (QED) is 0.575. The highest BCUT2D eigenvalue weighted by Crippen LogP contribution is 2.43. The van der Waals surface area contributed by atoms with Gasteiger partial charge in [0.1, 0.15) is 30.0 Å². The summed E-state index contributed by atoms with van der Waals surface area (Å²) in [6.45, 7) is 11.0. The molecule has 1 aliphatic carbocycles. The lowest BCUT2D eigenvalue weighted by Crippen LogP contribution is -2.58. The van der Waals surface area contributed by atoms with Gasteiger partial charge in [-0.3, -0.25) is 19.3 Å². The van der Waals surface area contributed by atoms with Gasteiger partial charge in [0.15, 0.2) is 0 Å². The SMILES string of the molecule is C[C@@H](C(=O)N[C@H]1CCO[C@H]2CC(C)(C)[C@H](C(=O)N[C@@H]3CCCc4ccccc43)N2C1=O)N(C)C(=O)OC(C)(C)C. The number of hydrogen-bond donors (Lipinski definition) is 2. The average Bonchev–Trinajstić information content (AvgIpc) is 3.07. The monoisotopic (exact) mass is 556 g/mol. The number of carbonyl (C=O) groups excluding carboxylic acids is 4. The molecular formula is C30H44N4O6. The number of aryl methyl sites for hydroxylation is 1. The molecule has 2 N–H and O–H groups in total. The second-order valence-corrected chi connectivity index (χ2v) is 12.9. The van der Waals surface area contributed by atoms with E-state index in [-0.39, 0.29) is 30.9 Å². The van der Waals surface area contributed by atoms with Crippen molar-refractivity contribution in [2.45, 2.75) is 110 Å². The Morgan fingerprint density at radius 2 is 1.82 bits per heavy atom. The highest BCUT2D eigenvalue weighted by Gasteiger charge is 2.55. The van der Waals surface area contributed by atoms with Crippen molar-refractivity contribution in [3.63, 3.8) is 0 Å². The molecule has 2 fully saturated rings. The first-order valence-corrected chi connectivity index (χ1v) is 14.3. The lowest BCUT2D eigenvalue weighted by Gasteiger charge is -2.36. The molecule has 2 saturated heterocycles. The number of amides is 4. The van der Waals surface area contributed by atoms with E-state index >= 15 is 0 Å². The van der Waals surface area contributed by atoms with Crippen LogP contribution in [0.15, 0.2) is 24.3 Å². The van der Waals surface area contributed by atoms with Gasteiger partial charge in [0.05, 0.1) is 12.6 Å². The number of likely N-dealkylation sites (N-methyl/N-ethyl adjacent to an activating group) is 1. The van der Waals surface area contributed by atoms with Crippen molar-refractivity contribution < 1.29 is 28.7 Å². The third-order valence-electron chi connectivity index (χ3n) is 8.19. The fourth-order valence-electron chi connectivity index (χ4n) is 5.97. The zero-order chi connectivity index (χ0) is 29.4. The molecule has 0 unspecified atom stereocenters. The molecule has 0 radical (unpaired) electrons. The second-order valence-electron chi connectivity index (χ2n) is 12.9. The van der Waals surface area contributed by atoms with Crippen LogP contribution in [0.5, 0.6) is 0 Å². The summed E-state index contributed by atoms with van der Waals surface area (Å²) in [5, 5.41) is 6.04. The molecule has 10 nitrogen and oxygen atoms in total. The lowest BCUT2D eigenvalue weighted by atomic mass is 9.82. The van der Waals surface area contributed by atoms with E-state index in [1.807, 2.05) is 26.0 Å². The van der Waals surface area contributed by atoms with Crippen LogP contribution in [-0.4, -0.2) is 77.2 Å². The molecule has 0 spiro atoms. The Morgan fingerprint density at radius 1 is 1.12 bits per heavy atom. The molecule has 10 heteroatoms. The van der Waals surface area contributed by atoms with E-state index in [1.165, 1.54) is 22.4 Å². The van der Waals surface area contributed by atoms with Crippen molar-refractivity contribution in [2.75, 3.05) is 13.7 Å². The average molecular weight is 557 g/mol. The fraction of sp³-hybridized carbons (Fsp3) is 0.667. The molecule has 4 amide bonds. The maximum absolute atomic E-state index is 13.9. The van der Waals surface area contributed by atoms with Crippen LogP contribution in [0.3, 0.4) is 0 Å². The molecule has 3 aliphatic rings. The van der Waals surface area contributed by atoms with Crippen LogP contribution >= 0.6 is 0 Å². The van der Waals surface area contributed by atoms with Crippen LogP contribution < -0.4 is 10.6 Å². The first-order valence-electron chi connectivity index (χ1n) is 14.3. The largest absolute Gasteiger partial charge is 0.444 e. The third-order valence-corrected chi connectivity index (χ3v) is 8.19. The van der Waals surface area contributed by atoms with Gasteiger partial charge in [-0.05, 0) is 69.9 Å². The molecule has 1 aromatic rings. The van der Waals surface area contributed by atoms with Crippen molar-refractivity contribution in [2.24, 2.45) is 5.41 Å². The van der Waals surface area contributed by atoms with Crippen LogP contribution in [0.25, 0.3) is 0 Å². The Kier molecular flexibility index (Phi) is 8.49. The van der Waals surface area contributed by atoms with E-state index in [0.717, 1.165) is 24.8 Å². The standard InChI is InChI=1S/C30H44N4O6/c1-18(33(7)28(38)40-29(2,3)4)25(35)32-22-15-16-39-23-17-30(5,6)24(34(23)27(22)37)26(36)31-21-14-10-12-19-11-8-9-13-20(19)21/h8-9,11,13,18,21-24H,10,12,14-17H2,1-7H3,(H,31,36)(H,32,35)/t18-,21+,22-,23-,24-/m0/s1. The summed E-state index contributed by atoms with van der Waals surface area (Å²) >= 11 is 0. The second kappa shape index (κ2) is 11.4. The number of rotatable bonds is 5. The molecule has 4 rings (SSSR count). The van der Waals surface area contributed by atoms with E-state index in [9.17, 15) is 19.2 Å². The summed E-state index contributed by atoms with van der Waals surface area (Å²) in [4.78, 5) is 56.1. The van der Waals surface area contributed by atoms with Gasteiger partial charge in [0.25, 0.3) is 0 Å². The summed E-state index contributed by atoms with van der Waals surface area (Å²) in [5.41, 5.74) is 1.13. The van der Waals surface area contributed by atoms with Gasteiger partial charge in [0.2, 0.25) is 17.7 Å². The Labute approximate surface area is 237 Å². The zero-order valence-electron chi connectivity index (χ0n) is 24.8. The number of nitrogens with zero attached hydrogens (tertiary/aromatic N) is 2. The van der Waals surface area contributed by atoms with Crippen molar-refractivity contribution >= 4 is 23.8 Å². The molecule has 2 heterocycles. The Morgan fingerprint density at radius 3 is 2.52 bits per heavy atom. The van der Waals surface area contributed by atoms with Crippen molar-refractivity contribution in [3.8, 4) is 0 Å². The minimum Gasteiger partial charge on any atom is -0.444 e. The predicted octanol–water partition coefficient (Wildman–Crippen LogP) is 3.29. The number of nitrogens with one attached hydrogen (secondary N) is 2. The first kappa shape index (κ1) is 29.8. The molecule has 1 aromatic carbocycles. The van der Waals surface area contributed by atoms with Crippen molar-refractivity contribution in [3.05, 3.63) is 35.4 Å². The number of hydrogen-bond acceptors (Lipinski definition) is 6. The van der Waals surface area contributed by atoms with Crippen molar-refractivity contribution in [1.82, 2.24) is 20.4 Å². The molecule has 40 heavy (non-hydrogen) atoms. The third kappa shape index (κ3) is 6.27. The topological polar surface area (TPSA) is 117 Å². The minimum atomic E-state index is -0.883. The van der Waals surface area contributed by atoms with E-state index < -0.39 is 47.4 Å². The Balaban J connectivity index is 1.49. The highest BCUT2D eigenvalue weighted by atomic mass is 16.6. The zero-order valence-corrected chi connectivity index (χ0v) is 24.8. The highest BCUT2D eigenvalue weighted by molar-refractivity contribution is 5.95. The van der Waals surface area contributed by atoms with E-state index in [0.29, 0.717) is 6.42 Å². The fourth-order valence-corrected chi connectivity index (χ4v) is 5.97. The van der Waals surface area contributed by atoms with Gasteiger partial charge in [-0.15, -0.1) is 0 Å². The van der Waals surface area contributed by atoms with Gasteiger partial charge in [-0.2, -0.15) is 0 Å². The van der Waals surface area contributed by atoms with Crippen LogP contribution in [0.2, 0.25) is 0 Å². The lowest BCUT2D eigenvalue weighted by molar-refractivity contribution is -0.150. The van der Waals surface area contributed by atoms with Gasteiger partial charge in [-0.25, -0.2) is 4.79 Å². The van der Waals surface area contributed by atoms with Gasteiger partial charge >= 0.3 is 6.09 Å². The predicted molar refractivity (Wildman–Crippen MR) is 149 cm³/mol. The van der Waals surface area contributed by atoms with Crippen molar-refractivity contribution in [1.29, 1.82) is 0 Å². The first-order chi connectivity index (χ1) is 18.7. The van der Waals surface area contributed by atoms with Gasteiger partial charge in [-0.1, -0.05) is 38.1 Å².